The van der Waals surface area contributed by atoms with Crippen molar-refractivity contribution in [1.82, 2.24) is 5.32 Å². The van der Waals surface area contributed by atoms with E-state index in [9.17, 15) is 18.0 Å². The van der Waals surface area contributed by atoms with Gasteiger partial charge in [-0.15, -0.1) is 0 Å². The van der Waals surface area contributed by atoms with Crippen LogP contribution in [0, 0.1) is 5.92 Å². The Kier molecular flexibility index (Phi) is 5.93. The van der Waals surface area contributed by atoms with Crippen molar-refractivity contribution in [3.05, 3.63) is 29.8 Å². The van der Waals surface area contributed by atoms with Gasteiger partial charge in [-0.25, -0.2) is 8.42 Å². The molecule has 1 aromatic rings. The van der Waals surface area contributed by atoms with Crippen LogP contribution in [0.3, 0.4) is 0 Å². The molecule has 0 saturated carbocycles. The van der Waals surface area contributed by atoms with Gasteiger partial charge in [0.2, 0.25) is 0 Å². The highest BCUT2D eigenvalue weighted by atomic mass is 32.2. The van der Waals surface area contributed by atoms with Crippen LogP contribution in [-0.4, -0.2) is 36.7 Å². The van der Waals surface area contributed by atoms with Gasteiger partial charge in [0.05, 0.1) is 22.6 Å². The van der Waals surface area contributed by atoms with E-state index in [1.807, 2.05) is 13.8 Å². The lowest BCUT2D eigenvalue weighted by atomic mass is 9.85. The zero-order valence-electron chi connectivity index (χ0n) is 13.8. The molecular formula is C16H23NO5S. The molecule has 23 heavy (non-hydrogen) atoms. The van der Waals surface area contributed by atoms with Crippen molar-refractivity contribution in [2.45, 2.75) is 44.6 Å². The van der Waals surface area contributed by atoms with E-state index in [-0.39, 0.29) is 28.6 Å². The second-order valence-corrected chi connectivity index (χ2v) is 8.30. The fourth-order valence-electron chi connectivity index (χ4n) is 2.02. The Morgan fingerprint density at radius 2 is 1.74 bits per heavy atom. The fraction of sp³-hybridized carbons (Fsp3) is 0.500. The molecule has 1 unspecified atom stereocenters. The lowest BCUT2D eigenvalue weighted by molar-refractivity contribution is -0.138. The van der Waals surface area contributed by atoms with Gasteiger partial charge < -0.3 is 10.4 Å². The molecule has 0 spiro atoms. The van der Waals surface area contributed by atoms with Crippen molar-refractivity contribution in [2.75, 3.05) is 5.75 Å². The zero-order valence-corrected chi connectivity index (χ0v) is 14.6. The molecule has 1 atom stereocenters. The number of aliphatic carboxylic acids is 1. The third-order valence-corrected chi connectivity index (χ3v) is 5.80. The first-order chi connectivity index (χ1) is 10.5. The second kappa shape index (κ2) is 7.12. The van der Waals surface area contributed by atoms with Gasteiger partial charge in [0.15, 0.2) is 9.84 Å². The zero-order chi connectivity index (χ0) is 17.8. The lowest BCUT2D eigenvalue weighted by Crippen LogP contribution is -2.51. The molecule has 0 aliphatic carbocycles. The summed E-state index contributed by atoms with van der Waals surface area (Å²) >= 11 is 0. The third-order valence-electron chi connectivity index (χ3n) is 4.05. The Hall–Kier alpha value is -1.89. The maximum Gasteiger partial charge on any atom is 0.305 e. The van der Waals surface area contributed by atoms with E-state index in [1.165, 1.54) is 24.3 Å². The number of benzene rings is 1. The molecule has 6 nitrogen and oxygen atoms in total. The molecular weight excluding hydrogens is 318 g/mol. The van der Waals surface area contributed by atoms with Crippen LogP contribution in [-0.2, 0) is 14.6 Å². The topological polar surface area (TPSA) is 101 Å². The average Bonchev–Trinajstić information content (AvgIpc) is 2.46. The van der Waals surface area contributed by atoms with Crippen LogP contribution in [0.5, 0.6) is 0 Å². The van der Waals surface area contributed by atoms with Gasteiger partial charge in [-0.3, -0.25) is 9.59 Å². The van der Waals surface area contributed by atoms with Gasteiger partial charge >= 0.3 is 5.97 Å². The molecule has 1 rings (SSSR count). The maximum absolute atomic E-state index is 12.3. The summed E-state index contributed by atoms with van der Waals surface area (Å²) in [4.78, 5) is 23.5. The predicted octanol–water partition coefficient (Wildman–Crippen LogP) is 2.10. The summed E-state index contributed by atoms with van der Waals surface area (Å²) in [5.41, 5.74) is -0.603. The van der Waals surface area contributed by atoms with E-state index < -0.39 is 27.3 Å². The van der Waals surface area contributed by atoms with Crippen LogP contribution in [0.4, 0.5) is 0 Å². The molecule has 0 aliphatic heterocycles. The van der Waals surface area contributed by atoms with E-state index in [2.05, 4.69) is 5.32 Å². The van der Waals surface area contributed by atoms with Crippen LogP contribution in [0.25, 0.3) is 0 Å². The SMILES string of the molecule is CCS(=O)(=O)c1ccc(C(=O)NC(C)(CC(=O)O)C(C)C)cc1. The fourth-order valence-corrected chi connectivity index (χ4v) is 2.90. The van der Waals surface area contributed by atoms with Gasteiger partial charge in [0.25, 0.3) is 5.91 Å². The Morgan fingerprint density at radius 1 is 1.22 bits per heavy atom. The van der Waals surface area contributed by atoms with Crippen molar-refractivity contribution < 1.29 is 23.1 Å². The highest BCUT2D eigenvalue weighted by Gasteiger charge is 2.33. The standard InChI is InChI=1S/C16H23NO5S/c1-5-23(21,22)13-8-6-12(7-9-13)15(20)17-16(4,11(2)3)10-14(18)19/h6-9,11H,5,10H2,1-4H3,(H,17,20)(H,18,19). The Bertz CT molecular complexity index is 679. The number of carboxylic acids is 1. The minimum absolute atomic E-state index is 0.0113. The number of carbonyl (C=O) groups is 2. The molecule has 7 heteroatoms. The van der Waals surface area contributed by atoms with Crippen LogP contribution in [0.15, 0.2) is 29.2 Å². The van der Waals surface area contributed by atoms with E-state index in [4.69, 9.17) is 5.11 Å². The van der Waals surface area contributed by atoms with Crippen molar-refractivity contribution in [1.29, 1.82) is 0 Å². The van der Waals surface area contributed by atoms with Crippen LogP contribution >= 0.6 is 0 Å². The normalized spacial score (nSPS) is 14.3. The third kappa shape index (κ3) is 4.79. The molecule has 0 radical (unpaired) electrons. The Labute approximate surface area is 136 Å². The number of carbonyl (C=O) groups excluding carboxylic acids is 1. The molecule has 0 aliphatic rings. The number of amides is 1. The summed E-state index contributed by atoms with van der Waals surface area (Å²) in [6.07, 6.45) is -0.196. The van der Waals surface area contributed by atoms with E-state index in [0.717, 1.165) is 0 Å². The largest absolute Gasteiger partial charge is 0.481 e. The number of sulfone groups is 1. The first kappa shape index (κ1) is 19.2. The van der Waals surface area contributed by atoms with Gasteiger partial charge in [0.1, 0.15) is 0 Å². The number of hydrogen-bond donors (Lipinski definition) is 2. The predicted molar refractivity (Wildman–Crippen MR) is 87.1 cm³/mol. The van der Waals surface area contributed by atoms with Gasteiger partial charge in [-0.2, -0.15) is 0 Å². The highest BCUT2D eigenvalue weighted by molar-refractivity contribution is 7.91. The monoisotopic (exact) mass is 341 g/mol. The molecule has 128 valence electrons. The first-order valence-electron chi connectivity index (χ1n) is 7.39. The van der Waals surface area contributed by atoms with E-state index in [0.29, 0.717) is 0 Å². The highest BCUT2D eigenvalue weighted by Crippen LogP contribution is 2.22. The molecule has 0 saturated heterocycles. The smallest absolute Gasteiger partial charge is 0.305 e. The quantitative estimate of drug-likeness (QED) is 0.791. The summed E-state index contributed by atoms with van der Waals surface area (Å²) in [5, 5.41) is 11.8. The molecule has 0 aromatic heterocycles. The minimum Gasteiger partial charge on any atom is -0.481 e. The van der Waals surface area contributed by atoms with Crippen molar-refractivity contribution >= 4 is 21.7 Å². The average molecular weight is 341 g/mol. The summed E-state index contributed by atoms with van der Waals surface area (Å²) < 4.78 is 23.5. The maximum atomic E-state index is 12.3. The summed E-state index contributed by atoms with van der Waals surface area (Å²) in [6, 6.07) is 5.63. The van der Waals surface area contributed by atoms with Gasteiger partial charge in [-0.05, 0) is 37.1 Å². The summed E-state index contributed by atoms with van der Waals surface area (Å²) in [7, 11) is -3.31. The molecule has 1 amide bonds. The van der Waals surface area contributed by atoms with Crippen molar-refractivity contribution in [3.8, 4) is 0 Å². The number of carboxylic acid groups (broad SMARTS) is 1. The Balaban J connectivity index is 2.99. The minimum atomic E-state index is -3.31. The van der Waals surface area contributed by atoms with Gasteiger partial charge in [0, 0.05) is 5.56 Å². The Morgan fingerprint density at radius 3 is 2.13 bits per heavy atom. The van der Waals surface area contributed by atoms with Crippen molar-refractivity contribution in [3.63, 3.8) is 0 Å². The molecule has 1 aromatic carbocycles. The molecule has 0 bridgehead atoms. The summed E-state index contributed by atoms with van der Waals surface area (Å²) in [6.45, 7) is 6.90. The van der Waals surface area contributed by atoms with Crippen molar-refractivity contribution in [2.24, 2.45) is 5.92 Å². The summed E-state index contributed by atoms with van der Waals surface area (Å²) in [5.74, 6) is -1.51. The number of nitrogens with one attached hydrogen (secondary N) is 1. The molecule has 0 fully saturated rings. The van der Waals surface area contributed by atoms with E-state index >= 15 is 0 Å². The van der Waals surface area contributed by atoms with Crippen LogP contribution in [0.2, 0.25) is 0 Å². The number of hydrogen-bond acceptors (Lipinski definition) is 4. The number of rotatable bonds is 7. The molecule has 0 heterocycles. The first-order valence-corrected chi connectivity index (χ1v) is 9.04. The van der Waals surface area contributed by atoms with Gasteiger partial charge in [-0.1, -0.05) is 20.8 Å². The second-order valence-electron chi connectivity index (χ2n) is 6.02. The van der Waals surface area contributed by atoms with Crippen LogP contribution in [0.1, 0.15) is 44.5 Å². The van der Waals surface area contributed by atoms with Crippen LogP contribution < -0.4 is 5.32 Å². The van der Waals surface area contributed by atoms with E-state index in [1.54, 1.807) is 13.8 Å². The lowest BCUT2D eigenvalue weighted by Gasteiger charge is -2.33. The molecule has 2 N–H and O–H groups in total.